The lowest BCUT2D eigenvalue weighted by Crippen LogP contribution is -2.01. The molecule has 0 fully saturated rings. The van der Waals surface area contributed by atoms with Crippen molar-refractivity contribution in [3.63, 3.8) is 0 Å². The van der Waals surface area contributed by atoms with Crippen molar-refractivity contribution in [1.29, 1.82) is 0 Å². The molecule has 0 aliphatic rings. The van der Waals surface area contributed by atoms with E-state index in [1.54, 1.807) is 17.6 Å². The number of para-hydroxylation sites is 1. The molecule has 0 radical (unpaired) electrons. The minimum Gasteiger partial charge on any atom is -0.469 e. The van der Waals surface area contributed by atoms with E-state index in [1.165, 1.54) is 11.8 Å². The van der Waals surface area contributed by atoms with E-state index in [-0.39, 0.29) is 5.25 Å². The number of hydrogen-bond donors (Lipinski definition) is 0. The maximum Gasteiger partial charge on any atom is 0.240 e. The number of hydrogen-bond acceptors (Lipinski definition) is 8. The zero-order valence-electron chi connectivity index (χ0n) is 16.2. The Labute approximate surface area is 180 Å². The average Bonchev–Trinajstić information content (AvgIpc) is 3.55. The smallest absolute Gasteiger partial charge is 0.240 e. The first-order valence-electron chi connectivity index (χ1n) is 9.30. The van der Waals surface area contributed by atoms with Crippen LogP contribution in [-0.2, 0) is 0 Å². The predicted octanol–water partition coefficient (Wildman–Crippen LogP) is 5.80. The Morgan fingerprint density at radius 3 is 2.67 bits per heavy atom. The van der Waals surface area contributed by atoms with Crippen LogP contribution in [0.2, 0.25) is 0 Å². The van der Waals surface area contributed by atoms with Crippen LogP contribution in [0.1, 0.15) is 23.8 Å². The van der Waals surface area contributed by atoms with Crippen LogP contribution in [0.5, 0.6) is 0 Å². The van der Waals surface area contributed by atoms with Crippen molar-refractivity contribution in [3.05, 3.63) is 71.8 Å². The van der Waals surface area contributed by atoms with Crippen LogP contribution >= 0.6 is 23.1 Å². The third-order valence-corrected chi connectivity index (χ3v) is 6.46. The zero-order chi connectivity index (χ0) is 20.5. The van der Waals surface area contributed by atoms with Crippen molar-refractivity contribution < 1.29 is 8.94 Å². The highest BCUT2D eigenvalue weighted by Crippen LogP contribution is 2.37. The lowest BCUT2D eigenvalue weighted by atomic mass is 10.2. The van der Waals surface area contributed by atoms with Gasteiger partial charge in [0.05, 0.1) is 22.0 Å². The third-order valence-electron chi connectivity index (χ3n) is 4.56. The summed E-state index contributed by atoms with van der Waals surface area (Å²) < 4.78 is 13.0. The molecule has 1 atom stereocenters. The topological polar surface area (TPSA) is 82.8 Å². The van der Waals surface area contributed by atoms with Crippen LogP contribution in [0.3, 0.4) is 0 Å². The van der Waals surface area contributed by atoms with E-state index >= 15 is 0 Å². The molecule has 0 amide bonds. The van der Waals surface area contributed by atoms with Crippen LogP contribution in [0.4, 0.5) is 0 Å². The number of thiophene rings is 1. The average molecular weight is 436 g/mol. The number of furan rings is 1. The molecule has 0 aliphatic heterocycles. The summed E-state index contributed by atoms with van der Waals surface area (Å²) in [5.41, 5.74) is 1.88. The standard InChI is InChI=1S/C21H17N5O2S2/c1-13-16(10-11-27-13)19-23-24-21(26(19)15-7-4-3-5-8-15)30-14(2)20-22-18(25-28-20)17-9-6-12-29-17/h3-12,14H,1-2H3. The van der Waals surface area contributed by atoms with E-state index in [1.807, 2.05) is 72.3 Å². The molecule has 150 valence electrons. The summed E-state index contributed by atoms with van der Waals surface area (Å²) in [7, 11) is 0. The van der Waals surface area contributed by atoms with E-state index in [0.717, 1.165) is 32.9 Å². The molecule has 9 heteroatoms. The van der Waals surface area contributed by atoms with Gasteiger partial charge in [-0.1, -0.05) is 41.2 Å². The van der Waals surface area contributed by atoms with Crippen LogP contribution in [0.25, 0.3) is 27.8 Å². The second-order valence-electron chi connectivity index (χ2n) is 6.56. The molecule has 0 saturated carbocycles. The minimum absolute atomic E-state index is 0.101. The fourth-order valence-electron chi connectivity index (χ4n) is 3.06. The van der Waals surface area contributed by atoms with Gasteiger partial charge in [-0.05, 0) is 43.5 Å². The molecule has 5 aromatic rings. The van der Waals surface area contributed by atoms with Crippen molar-refractivity contribution in [3.8, 4) is 27.8 Å². The van der Waals surface area contributed by atoms with Gasteiger partial charge in [-0.25, -0.2) is 0 Å². The Bertz CT molecular complexity index is 1260. The van der Waals surface area contributed by atoms with Crippen LogP contribution in [0, 0.1) is 6.92 Å². The number of rotatable bonds is 6. The van der Waals surface area contributed by atoms with Gasteiger partial charge < -0.3 is 8.94 Å². The Morgan fingerprint density at radius 1 is 1.07 bits per heavy atom. The van der Waals surface area contributed by atoms with E-state index in [0.29, 0.717) is 11.7 Å². The summed E-state index contributed by atoms with van der Waals surface area (Å²) in [6.07, 6.45) is 1.66. The highest BCUT2D eigenvalue weighted by Gasteiger charge is 2.23. The Balaban J connectivity index is 1.50. The fraction of sp³-hybridized carbons (Fsp3) is 0.143. The Hall–Kier alpha value is -3.17. The largest absolute Gasteiger partial charge is 0.469 e. The van der Waals surface area contributed by atoms with Crippen molar-refractivity contribution in [2.45, 2.75) is 24.3 Å². The van der Waals surface area contributed by atoms with E-state index in [4.69, 9.17) is 8.94 Å². The van der Waals surface area contributed by atoms with E-state index in [9.17, 15) is 0 Å². The van der Waals surface area contributed by atoms with Crippen molar-refractivity contribution in [2.75, 3.05) is 0 Å². The highest BCUT2D eigenvalue weighted by molar-refractivity contribution is 7.99. The number of aromatic nitrogens is 5. The minimum atomic E-state index is -0.101. The van der Waals surface area contributed by atoms with Crippen molar-refractivity contribution >= 4 is 23.1 Å². The van der Waals surface area contributed by atoms with Gasteiger partial charge >= 0.3 is 0 Å². The number of benzene rings is 1. The number of thioether (sulfide) groups is 1. The van der Waals surface area contributed by atoms with E-state index in [2.05, 4.69) is 20.3 Å². The summed E-state index contributed by atoms with van der Waals surface area (Å²) in [6, 6.07) is 15.9. The molecule has 0 saturated heterocycles. The van der Waals surface area contributed by atoms with Gasteiger partial charge in [0, 0.05) is 5.69 Å². The molecule has 5 rings (SSSR count). The fourth-order valence-corrected chi connectivity index (χ4v) is 4.61. The SMILES string of the molecule is Cc1occc1-c1nnc(SC(C)c2nc(-c3cccs3)no2)n1-c1ccccc1. The summed E-state index contributed by atoms with van der Waals surface area (Å²) in [4.78, 5) is 5.54. The molecule has 7 nitrogen and oxygen atoms in total. The quantitative estimate of drug-likeness (QED) is 0.312. The molecule has 4 aromatic heterocycles. The summed E-state index contributed by atoms with van der Waals surface area (Å²) in [6.45, 7) is 3.93. The predicted molar refractivity (Wildman–Crippen MR) is 116 cm³/mol. The summed E-state index contributed by atoms with van der Waals surface area (Å²) in [5.74, 6) is 2.67. The maximum absolute atomic E-state index is 5.52. The second-order valence-corrected chi connectivity index (χ2v) is 8.82. The monoisotopic (exact) mass is 435 g/mol. The van der Waals surface area contributed by atoms with Gasteiger partial charge in [-0.15, -0.1) is 21.5 Å². The van der Waals surface area contributed by atoms with Crippen molar-refractivity contribution in [1.82, 2.24) is 24.9 Å². The maximum atomic E-state index is 5.52. The van der Waals surface area contributed by atoms with Gasteiger partial charge in [0.15, 0.2) is 11.0 Å². The third kappa shape index (κ3) is 3.46. The van der Waals surface area contributed by atoms with Gasteiger partial charge in [0.25, 0.3) is 0 Å². The van der Waals surface area contributed by atoms with Gasteiger partial charge in [0.2, 0.25) is 11.7 Å². The number of nitrogens with zero attached hydrogens (tertiary/aromatic N) is 5. The van der Waals surface area contributed by atoms with Gasteiger partial charge in [-0.2, -0.15) is 4.98 Å². The number of aryl methyl sites for hydroxylation is 1. The Kier molecular flexibility index (Phi) is 4.97. The normalized spacial score (nSPS) is 12.3. The molecule has 0 N–H and O–H groups in total. The first-order valence-corrected chi connectivity index (χ1v) is 11.1. The van der Waals surface area contributed by atoms with Crippen LogP contribution < -0.4 is 0 Å². The zero-order valence-corrected chi connectivity index (χ0v) is 17.9. The molecule has 1 aromatic carbocycles. The molecular formula is C21H17N5O2S2. The molecule has 0 bridgehead atoms. The first-order chi connectivity index (χ1) is 14.7. The molecule has 0 spiro atoms. The molecule has 0 aliphatic carbocycles. The molecule has 30 heavy (non-hydrogen) atoms. The van der Waals surface area contributed by atoms with Crippen LogP contribution in [-0.4, -0.2) is 24.9 Å². The lowest BCUT2D eigenvalue weighted by Gasteiger charge is -2.11. The van der Waals surface area contributed by atoms with Gasteiger partial charge in [0.1, 0.15) is 5.76 Å². The van der Waals surface area contributed by atoms with Gasteiger partial charge in [-0.3, -0.25) is 4.57 Å². The summed E-state index contributed by atoms with van der Waals surface area (Å²) in [5, 5.41) is 15.7. The highest BCUT2D eigenvalue weighted by atomic mass is 32.2. The van der Waals surface area contributed by atoms with Crippen molar-refractivity contribution in [2.24, 2.45) is 0 Å². The lowest BCUT2D eigenvalue weighted by molar-refractivity contribution is 0.380. The second kappa shape index (κ2) is 7.92. The molecule has 1 unspecified atom stereocenters. The van der Waals surface area contributed by atoms with E-state index < -0.39 is 0 Å². The summed E-state index contributed by atoms with van der Waals surface area (Å²) >= 11 is 3.10. The molecule has 4 heterocycles. The first kappa shape index (κ1) is 18.8. The molecular weight excluding hydrogens is 418 g/mol. The van der Waals surface area contributed by atoms with Crippen LogP contribution in [0.15, 0.2) is 74.3 Å². The Morgan fingerprint density at radius 2 is 1.93 bits per heavy atom.